The number of benzene rings is 2. The van der Waals surface area contributed by atoms with E-state index in [1.165, 1.54) is 0 Å². The fraction of sp³-hybridized carbons (Fsp3) is 0.529. The summed E-state index contributed by atoms with van der Waals surface area (Å²) in [7, 11) is 0. The van der Waals surface area contributed by atoms with Crippen molar-refractivity contribution in [3.8, 4) is 0 Å². The van der Waals surface area contributed by atoms with Crippen molar-refractivity contribution in [2.45, 2.75) is 86.0 Å². The van der Waals surface area contributed by atoms with Crippen LogP contribution in [0.1, 0.15) is 66.5 Å². The van der Waals surface area contributed by atoms with Gasteiger partial charge in [-0.2, -0.15) is 0 Å². The van der Waals surface area contributed by atoms with Crippen molar-refractivity contribution in [3.63, 3.8) is 0 Å². The second-order valence-corrected chi connectivity index (χ2v) is 26.7. The van der Waals surface area contributed by atoms with Crippen LogP contribution < -0.4 is 0 Å². The SMILES string of the molecule is CC(C)[CH2][SnH]([CH2]C(C)C)[O]C(=O)/C(Cc1ccccc1)=C(/Cc1ccccc1)C(=O)[O][SnH]([CH2]C(C)C)[CH2]C(C)C. The molecule has 0 N–H and O–H groups in total. The maximum absolute atomic E-state index is 14.1. The molecule has 0 saturated carbocycles. The Hall–Kier alpha value is -1.28. The summed E-state index contributed by atoms with van der Waals surface area (Å²) >= 11 is -5.30. The normalized spacial score (nSPS) is 12.6. The zero-order chi connectivity index (χ0) is 29.7. The summed E-state index contributed by atoms with van der Waals surface area (Å²) in [5.74, 6) is 1.37. The molecule has 0 radical (unpaired) electrons. The molecule has 0 aromatic heterocycles. The molecule has 0 spiro atoms. The second-order valence-electron chi connectivity index (χ2n) is 12.9. The monoisotopic (exact) mass is 764 g/mol. The van der Waals surface area contributed by atoms with Gasteiger partial charge in [-0.1, -0.05) is 0 Å². The molecule has 2 aromatic rings. The Morgan fingerprint density at radius 1 is 0.525 bits per heavy atom. The van der Waals surface area contributed by atoms with E-state index < -0.39 is 40.3 Å². The van der Waals surface area contributed by atoms with Crippen LogP contribution in [-0.2, 0) is 28.6 Å². The van der Waals surface area contributed by atoms with Gasteiger partial charge in [-0.15, -0.1) is 0 Å². The summed E-state index contributed by atoms with van der Waals surface area (Å²) in [4.78, 5) is 28.2. The van der Waals surface area contributed by atoms with Crippen molar-refractivity contribution in [2.75, 3.05) is 0 Å². The Bertz CT molecular complexity index is 956. The van der Waals surface area contributed by atoms with Gasteiger partial charge in [-0.3, -0.25) is 0 Å². The molecule has 0 saturated heterocycles. The predicted octanol–water partition coefficient (Wildman–Crippen LogP) is 7.93. The van der Waals surface area contributed by atoms with Gasteiger partial charge in [0, 0.05) is 0 Å². The zero-order valence-corrected chi connectivity index (χ0v) is 32.7. The quantitative estimate of drug-likeness (QED) is 0.129. The number of hydrogen-bond donors (Lipinski definition) is 0. The minimum absolute atomic E-state index is 0.298. The number of carbonyl (C=O) groups is 2. The molecular weight excluding hydrogens is 710 g/mol. The van der Waals surface area contributed by atoms with Crippen molar-refractivity contribution in [1.29, 1.82) is 0 Å². The summed E-state index contributed by atoms with van der Waals surface area (Å²) in [5, 5.41) is 0. The molecule has 0 heterocycles. The Morgan fingerprint density at radius 2 is 0.800 bits per heavy atom. The van der Waals surface area contributed by atoms with Crippen molar-refractivity contribution < 1.29 is 15.7 Å². The average Bonchev–Trinajstić information content (AvgIpc) is 2.85. The van der Waals surface area contributed by atoms with Crippen LogP contribution in [0.5, 0.6) is 0 Å². The van der Waals surface area contributed by atoms with E-state index in [2.05, 4.69) is 55.4 Å². The van der Waals surface area contributed by atoms with E-state index in [9.17, 15) is 9.59 Å². The molecule has 220 valence electrons. The number of carbonyl (C=O) groups excluding carboxylic acids is 2. The van der Waals surface area contributed by atoms with Crippen LogP contribution in [0.2, 0.25) is 17.7 Å². The predicted molar refractivity (Wildman–Crippen MR) is 172 cm³/mol. The molecule has 2 rings (SSSR count). The van der Waals surface area contributed by atoms with Gasteiger partial charge < -0.3 is 0 Å². The summed E-state index contributed by atoms with van der Waals surface area (Å²) < 4.78 is 16.9. The van der Waals surface area contributed by atoms with Crippen LogP contribution in [0, 0.1) is 23.7 Å². The topological polar surface area (TPSA) is 52.6 Å². The third kappa shape index (κ3) is 13.6. The molecule has 0 atom stereocenters. The first kappa shape index (κ1) is 34.9. The van der Waals surface area contributed by atoms with Gasteiger partial charge in [0.1, 0.15) is 0 Å². The van der Waals surface area contributed by atoms with Gasteiger partial charge in [0.15, 0.2) is 0 Å². The first-order valence-corrected chi connectivity index (χ1v) is 27.2. The molecule has 2 aromatic carbocycles. The van der Waals surface area contributed by atoms with Gasteiger partial charge in [0.2, 0.25) is 0 Å². The van der Waals surface area contributed by atoms with E-state index >= 15 is 0 Å². The second kappa shape index (κ2) is 18.3. The number of hydrogen-bond acceptors (Lipinski definition) is 4. The van der Waals surface area contributed by atoms with E-state index in [1.807, 2.05) is 60.7 Å². The number of rotatable bonds is 16. The fourth-order valence-corrected chi connectivity index (χ4v) is 21.9. The van der Waals surface area contributed by atoms with Gasteiger partial charge >= 0.3 is 261 Å². The van der Waals surface area contributed by atoms with Gasteiger partial charge in [-0.25, -0.2) is 0 Å². The van der Waals surface area contributed by atoms with E-state index in [-0.39, 0.29) is 11.9 Å². The first-order chi connectivity index (χ1) is 18.9. The van der Waals surface area contributed by atoms with E-state index in [1.54, 1.807) is 0 Å². The zero-order valence-electron chi connectivity index (χ0n) is 26.1. The molecule has 0 amide bonds. The van der Waals surface area contributed by atoms with Crippen molar-refractivity contribution in [3.05, 3.63) is 82.9 Å². The summed E-state index contributed by atoms with van der Waals surface area (Å²) in [6.07, 6.45) is 0.737. The van der Waals surface area contributed by atoms with Crippen LogP contribution in [0.25, 0.3) is 0 Å². The van der Waals surface area contributed by atoms with Gasteiger partial charge in [0.05, 0.1) is 0 Å². The third-order valence-electron chi connectivity index (χ3n) is 6.79. The van der Waals surface area contributed by atoms with Crippen LogP contribution >= 0.6 is 0 Å². The van der Waals surface area contributed by atoms with E-state index in [4.69, 9.17) is 6.15 Å². The standard InChI is InChI=1S/C18H16O4.4C4H9.2Sn.2H/c19-17(20)15(11-13-7-3-1-4-8-13)16(18(21)22)12-14-9-5-2-6-10-14;4*1-4(2)3;;;;/h1-10H,11-12H2,(H,19,20)(H,21,22);4*4H,1H2,2-3H3;;;;/q;;;;;2*+1;;/p-2/b16-15-;;;;;;;;. The molecular formula is C34H52O4Sn2. The van der Waals surface area contributed by atoms with Gasteiger partial charge in [-0.05, 0) is 0 Å². The molecule has 0 bridgehead atoms. The van der Waals surface area contributed by atoms with E-state index in [0.29, 0.717) is 47.7 Å². The summed E-state index contributed by atoms with van der Waals surface area (Å²) in [5.41, 5.74) is 2.95. The Morgan fingerprint density at radius 3 is 1.05 bits per heavy atom. The van der Waals surface area contributed by atoms with Crippen LogP contribution in [0.4, 0.5) is 0 Å². The van der Waals surface area contributed by atoms with Crippen molar-refractivity contribution >= 4 is 52.3 Å². The van der Waals surface area contributed by atoms with Crippen LogP contribution in [-0.4, -0.2) is 52.3 Å². The van der Waals surface area contributed by atoms with Gasteiger partial charge in [0.25, 0.3) is 0 Å². The Labute approximate surface area is 258 Å². The molecule has 0 fully saturated rings. The summed E-state index contributed by atoms with van der Waals surface area (Å²) in [6, 6.07) is 19.9. The Kier molecular flexibility index (Phi) is 16.0. The molecule has 0 aliphatic heterocycles. The van der Waals surface area contributed by atoms with Crippen LogP contribution in [0.15, 0.2) is 71.8 Å². The van der Waals surface area contributed by atoms with E-state index in [0.717, 1.165) is 28.9 Å². The fourth-order valence-electron chi connectivity index (χ4n) is 5.14. The summed E-state index contributed by atoms with van der Waals surface area (Å²) in [6.45, 7) is 17.6. The Balaban J connectivity index is 2.59. The van der Waals surface area contributed by atoms with Crippen molar-refractivity contribution in [2.24, 2.45) is 23.7 Å². The first-order valence-electron chi connectivity index (χ1n) is 15.2. The molecule has 6 heteroatoms. The molecule has 40 heavy (non-hydrogen) atoms. The molecule has 0 aliphatic rings. The molecule has 4 nitrogen and oxygen atoms in total. The average molecular weight is 762 g/mol. The minimum atomic E-state index is -2.65. The van der Waals surface area contributed by atoms with Crippen LogP contribution in [0.3, 0.4) is 0 Å². The van der Waals surface area contributed by atoms with Crippen molar-refractivity contribution in [1.82, 2.24) is 0 Å². The molecule has 0 unspecified atom stereocenters. The molecule has 0 aliphatic carbocycles. The maximum atomic E-state index is 14.1. The third-order valence-corrected chi connectivity index (χ3v) is 26.7.